The molecule has 0 bridgehead atoms. The van der Waals surface area contributed by atoms with Crippen molar-refractivity contribution in [2.24, 2.45) is 0 Å². The molecule has 1 aliphatic heterocycles. The van der Waals surface area contributed by atoms with Crippen LogP contribution < -0.4 is 20.3 Å². The Balaban J connectivity index is 1.29. The molecule has 0 radical (unpaired) electrons. The molecule has 156 valence electrons. The number of benzene rings is 2. The average molecular weight is 417 g/mol. The third-order valence-electron chi connectivity index (χ3n) is 4.92. The second-order valence-corrected chi connectivity index (χ2v) is 7.41. The van der Waals surface area contributed by atoms with Crippen molar-refractivity contribution in [3.05, 3.63) is 54.3 Å². The molecule has 2 aromatic carbocycles. The lowest BCUT2D eigenvalue weighted by atomic mass is 10.2. The molecule has 0 unspecified atom stereocenters. The summed E-state index contributed by atoms with van der Waals surface area (Å²) in [6, 6.07) is 14.5. The number of nitrogens with zero attached hydrogens (tertiary/aromatic N) is 2. The summed E-state index contributed by atoms with van der Waals surface area (Å²) in [5.41, 5.74) is 2.04. The molecule has 0 spiro atoms. The van der Waals surface area contributed by atoms with Gasteiger partial charge in [0.1, 0.15) is 11.6 Å². The molecule has 3 rings (SSSR count). The van der Waals surface area contributed by atoms with Crippen molar-refractivity contribution < 1.29 is 9.13 Å². The highest BCUT2D eigenvalue weighted by Crippen LogP contribution is 2.17. The Kier molecular flexibility index (Phi) is 8.07. The Morgan fingerprint density at radius 3 is 2.38 bits per heavy atom. The summed E-state index contributed by atoms with van der Waals surface area (Å²) in [6.07, 6.45) is 1.03. The molecule has 1 saturated heterocycles. The van der Waals surface area contributed by atoms with Crippen LogP contribution >= 0.6 is 12.2 Å². The Labute approximate surface area is 177 Å². The SMILES string of the molecule is CCOc1ccc(NC(=S)NCCCN2CCN(c3ccc(F)cc3)CC2)cc1. The van der Waals surface area contributed by atoms with Gasteiger partial charge >= 0.3 is 0 Å². The summed E-state index contributed by atoms with van der Waals surface area (Å²) in [5.74, 6) is 0.672. The molecular weight excluding hydrogens is 387 g/mol. The Bertz CT molecular complexity index is 761. The summed E-state index contributed by atoms with van der Waals surface area (Å²) >= 11 is 5.37. The van der Waals surface area contributed by atoms with Crippen LogP contribution in [0.1, 0.15) is 13.3 Å². The lowest BCUT2D eigenvalue weighted by Gasteiger charge is -2.36. The molecule has 2 aromatic rings. The van der Waals surface area contributed by atoms with Crippen LogP contribution in [-0.2, 0) is 0 Å². The van der Waals surface area contributed by atoms with E-state index in [1.54, 1.807) is 0 Å². The summed E-state index contributed by atoms with van der Waals surface area (Å²) in [6.45, 7) is 8.48. The number of nitrogens with one attached hydrogen (secondary N) is 2. The molecule has 2 N–H and O–H groups in total. The van der Waals surface area contributed by atoms with E-state index in [1.807, 2.05) is 43.3 Å². The molecule has 1 aliphatic rings. The van der Waals surface area contributed by atoms with E-state index in [1.165, 1.54) is 12.1 Å². The van der Waals surface area contributed by atoms with E-state index in [-0.39, 0.29) is 5.82 Å². The van der Waals surface area contributed by atoms with Gasteiger partial charge in [0.15, 0.2) is 5.11 Å². The van der Waals surface area contributed by atoms with Crippen molar-refractivity contribution in [2.75, 3.05) is 56.1 Å². The van der Waals surface area contributed by atoms with Gasteiger partial charge in [0.2, 0.25) is 0 Å². The first-order valence-electron chi connectivity index (χ1n) is 10.1. The largest absolute Gasteiger partial charge is 0.494 e. The van der Waals surface area contributed by atoms with Gasteiger partial charge in [-0.25, -0.2) is 4.39 Å². The zero-order valence-electron chi connectivity index (χ0n) is 16.9. The maximum absolute atomic E-state index is 13.1. The van der Waals surface area contributed by atoms with E-state index in [2.05, 4.69) is 20.4 Å². The molecule has 0 aromatic heterocycles. The minimum Gasteiger partial charge on any atom is -0.494 e. The van der Waals surface area contributed by atoms with E-state index in [0.29, 0.717) is 11.7 Å². The number of anilines is 2. The highest BCUT2D eigenvalue weighted by atomic mass is 32.1. The molecule has 0 aliphatic carbocycles. The van der Waals surface area contributed by atoms with Gasteiger partial charge in [0.05, 0.1) is 6.61 Å². The normalized spacial score (nSPS) is 14.5. The molecule has 0 saturated carbocycles. The molecule has 29 heavy (non-hydrogen) atoms. The van der Waals surface area contributed by atoms with Crippen LogP contribution in [0.15, 0.2) is 48.5 Å². The van der Waals surface area contributed by atoms with Gasteiger partial charge < -0.3 is 20.3 Å². The number of hydrogen-bond acceptors (Lipinski definition) is 4. The maximum atomic E-state index is 13.1. The first-order valence-corrected chi connectivity index (χ1v) is 10.6. The second kappa shape index (κ2) is 11.0. The number of rotatable bonds is 8. The number of hydrogen-bond donors (Lipinski definition) is 2. The van der Waals surface area contributed by atoms with Crippen molar-refractivity contribution in [3.63, 3.8) is 0 Å². The number of ether oxygens (including phenoxy) is 1. The van der Waals surface area contributed by atoms with Crippen LogP contribution in [0.25, 0.3) is 0 Å². The Morgan fingerprint density at radius 2 is 1.72 bits per heavy atom. The fourth-order valence-corrected chi connectivity index (χ4v) is 3.58. The Hall–Kier alpha value is -2.38. The van der Waals surface area contributed by atoms with Crippen molar-refractivity contribution in [2.45, 2.75) is 13.3 Å². The van der Waals surface area contributed by atoms with Crippen LogP contribution in [0.3, 0.4) is 0 Å². The van der Waals surface area contributed by atoms with Gasteiger partial charge in [-0.1, -0.05) is 0 Å². The van der Waals surface area contributed by atoms with Crippen LogP contribution in [0.5, 0.6) is 5.75 Å². The van der Waals surface area contributed by atoms with Crippen molar-refractivity contribution in [1.29, 1.82) is 0 Å². The van der Waals surface area contributed by atoms with Crippen LogP contribution in [-0.4, -0.2) is 55.9 Å². The molecular formula is C22H29FN4OS. The first kappa shape index (κ1) is 21.3. The molecule has 0 amide bonds. The lowest BCUT2D eigenvalue weighted by Crippen LogP contribution is -2.47. The molecule has 5 nitrogen and oxygen atoms in total. The van der Waals surface area contributed by atoms with Gasteiger partial charge in [-0.15, -0.1) is 0 Å². The molecule has 1 fully saturated rings. The van der Waals surface area contributed by atoms with E-state index < -0.39 is 0 Å². The van der Waals surface area contributed by atoms with Gasteiger partial charge in [-0.3, -0.25) is 4.90 Å². The van der Waals surface area contributed by atoms with E-state index >= 15 is 0 Å². The standard InChI is InChI=1S/C22H29FN4OS/c1-2-28-21-10-6-19(7-11-21)25-22(29)24-12-3-13-26-14-16-27(17-15-26)20-8-4-18(23)5-9-20/h4-11H,2-3,12-17H2,1H3,(H2,24,25,29). The Morgan fingerprint density at radius 1 is 1.03 bits per heavy atom. The average Bonchev–Trinajstić information content (AvgIpc) is 2.74. The molecule has 1 heterocycles. The fourth-order valence-electron chi connectivity index (χ4n) is 3.36. The molecule has 7 heteroatoms. The smallest absolute Gasteiger partial charge is 0.170 e. The van der Waals surface area contributed by atoms with Gasteiger partial charge in [0, 0.05) is 44.1 Å². The minimum atomic E-state index is -0.185. The van der Waals surface area contributed by atoms with Crippen LogP contribution in [0.2, 0.25) is 0 Å². The van der Waals surface area contributed by atoms with Crippen LogP contribution in [0.4, 0.5) is 15.8 Å². The summed E-state index contributed by atoms with van der Waals surface area (Å²) in [4.78, 5) is 4.77. The highest BCUT2D eigenvalue weighted by Gasteiger charge is 2.16. The van der Waals surface area contributed by atoms with E-state index in [9.17, 15) is 4.39 Å². The number of thiocarbonyl (C=S) groups is 1. The zero-order chi connectivity index (χ0) is 20.5. The highest BCUT2D eigenvalue weighted by molar-refractivity contribution is 7.80. The predicted molar refractivity (Wildman–Crippen MR) is 122 cm³/mol. The van der Waals surface area contributed by atoms with Crippen LogP contribution in [0, 0.1) is 5.82 Å². The quantitative estimate of drug-likeness (QED) is 0.505. The van der Waals surface area contributed by atoms with Gasteiger partial charge in [-0.05, 0) is 80.6 Å². The summed E-state index contributed by atoms with van der Waals surface area (Å²) in [5, 5.41) is 7.10. The van der Waals surface area contributed by atoms with E-state index in [4.69, 9.17) is 17.0 Å². The second-order valence-electron chi connectivity index (χ2n) is 7.00. The first-order chi connectivity index (χ1) is 14.1. The van der Waals surface area contributed by atoms with E-state index in [0.717, 1.165) is 62.8 Å². The lowest BCUT2D eigenvalue weighted by molar-refractivity contribution is 0.255. The van der Waals surface area contributed by atoms with Gasteiger partial charge in [-0.2, -0.15) is 0 Å². The zero-order valence-corrected chi connectivity index (χ0v) is 17.7. The molecule has 0 atom stereocenters. The minimum absolute atomic E-state index is 0.185. The summed E-state index contributed by atoms with van der Waals surface area (Å²) < 4.78 is 18.5. The number of piperazine rings is 1. The number of halogens is 1. The topological polar surface area (TPSA) is 39.8 Å². The predicted octanol–water partition coefficient (Wildman–Crippen LogP) is 3.72. The van der Waals surface area contributed by atoms with Crippen molar-refractivity contribution >= 4 is 28.7 Å². The third-order valence-corrected chi connectivity index (χ3v) is 5.17. The summed E-state index contributed by atoms with van der Waals surface area (Å²) in [7, 11) is 0. The van der Waals surface area contributed by atoms with Crippen molar-refractivity contribution in [3.8, 4) is 5.75 Å². The monoisotopic (exact) mass is 416 g/mol. The van der Waals surface area contributed by atoms with Crippen molar-refractivity contribution in [1.82, 2.24) is 10.2 Å². The third kappa shape index (κ3) is 6.87. The fraction of sp³-hybridized carbons (Fsp3) is 0.409. The maximum Gasteiger partial charge on any atom is 0.170 e. The van der Waals surface area contributed by atoms with Gasteiger partial charge in [0.25, 0.3) is 0 Å².